The molecule has 0 aliphatic heterocycles. The third-order valence-corrected chi connectivity index (χ3v) is 4.01. The first-order valence-corrected chi connectivity index (χ1v) is 7.67. The SMILES string of the molecule is Cc1cc(Sc2cc(O)cc(Br)c2)ccc1OCC(=O)O. The zero-order chi connectivity index (χ0) is 15.4. The number of aromatic hydroxyl groups is 1. The van der Waals surface area contributed by atoms with E-state index in [9.17, 15) is 9.90 Å². The van der Waals surface area contributed by atoms with Gasteiger partial charge in [-0.2, -0.15) is 0 Å². The smallest absolute Gasteiger partial charge is 0.341 e. The number of halogens is 1. The van der Waals surface area contributed by atoms with Crippen LogP contribution in [0.5, 0.6) is 11.5 Å². The molecule has 4 nitrogen and oxygen atoms in total. The van der Waals surface area contributed by atoms with E-state index >= 15 is 0 Å². The van der Waals surface area contributed by atoms with Crippen LogP contribution < -0.4 is 4.74 Å². The Hall–Kier alpha value is -1.66. The maximum Gasteiger partial charge on any atom is 0.341 e. The van der Waals surface area contributed by atoms with Gasteiger partial charge in [-0.25, -0.2) is 4.79 Å². The molecule has 0 unspecified atom stereocenters. The van der Waals surface area contributed by atoms with Crippen molar-refractivity contribution in [2.24, 2.45) is 0 Å². The van der Waals surface area contributed by atoms with Gasteiger partial charge in [-0.3, -0.25) is 0 Å². The number of rotatable bonds is 5. The Morgan fingerprint density at radius 3 is 2.62 bits per heavy atom. The van der Waals surface area contributed by atoms with Gasteiger partial charge < -0.3 is 14.9 Å². The fourth-order valence-electron chi connectivity index (χ4n) is 1.73. The topological polar surface area (TPSA) is 66.8 Å². The lowest BCUT2D eigenvalue weighted by molar-refractivity contribution is -0.139. The highest BCUT2D eigenvalue weighted by molar-refractivity contribution is 9.10. The summed E-state index contributed by atoms with van der Waals surface area (Å²) in [5.41, 5.74) is 0.862. The summed E-state index contributed by atoms with van der Waals surface area (Å²) in [4.78, 5) is 12.4. The second kappa shape index (κ2) is 6.87. The lowest BCUT2D eigenvalue weighted by Gasteiger charge is -2.09. The average Bonchev–Trinajstić information content (AvgIpc) is 2.36. The highest BCUT2D eigenvalue weighted by atomic mass is 79.9. The number of carboxylic acid groups (broad SMARTS) is 1. The van der Waals surface area contributed by atoms with Crippen LogP contribution in [0.3, 0.4) is 0 Å². The molecule has 2 aromatic carbocycles. The first-order valence-electron chi connectivity index (χ1n) is 6.07. The van der Waals surface area contributed by atoms with Crippen LogP contribution in [0.4, 0.5) is 0 Å². The Morgan fingerprint density at radius 2 is 2.00 bits per heavy atom. The number of phenols is 1. The summed E-state index contributed by atoms with van der Waals surface area (Å²) in [6, 6.07) is 10.7. The van der Waals surface area contributed by atoms with Gasteiger partial charge in [-0.05, 0) is 48.9 Å². The van der Waals surface area contributed by atoms with E-state index in [1.165, 1.54) is 11.8 Å². The van der Waals surface area contributed by atoms with Crippen LogP contribution in [0.2, 0.25) is 0 Å². The maximum absolute atomic E-state index is 10.5. The summed E-state index contributed by atoms with van der Waals surface area (Å²) in [5, 5.41) is 18.2. The zero-order valence-corrected chi connectivity index (χ0v) is 13.6. The first kappa shape index (κ1) is 15.7. The number of hydrogen-bond acceptors (Lipinski definition) is 4. The quantitative estimate of drug-likeness (QED) is 0.832. The second-order valence-corrected chi connectivity index (χ2v) is 6.42. The number of phenolic OH excluding ortho intramolecular Hbond substituents is 1. The summed E-state index contributed by atoms with van der Waals surface area (Å²) in [5.74, 6) is -0.249. The average molecular weight is 369 g/mol. The van der Waals surface area contributed by atoms with E-state index in [1.54, 1.807) is 18.2 Å². The van der Waals surface area contributed by atoms with E-state index < -0.39 is 5.97 Å². The molecule has 0 saturated carbocycles. The molecule has 0 aliphatic carbocycles. The van der Waals surface area contributed by atoms with Gasteiger partial charge in [-0.1, -0.05) is 27.7 Å². The molecule has 0 bridgehead atoms. The van der Waals surface area contributed by atoms with Gasteiger partial charge in [0.15, 0.2) is 6.61 Å². The maximum atomic E-state index is 10.5. The molecule has 0 spiro atoms. The molecule has 0 saturated heterocycles. The van der Waals surface area contributed by atoms with E-state index in [-0.39, 0.29) is 12.4 Å². The van der Waals surface area contributed by atoms with E-state index in [2.05, 4.69) is 15.9 Å². The van der Waals surface area contributed by atoms with E-state index in [1.807, 2.05) is 25.1 Å². The highest BCUT2D eigenvalue weighted by Crippen LogP contribution is 2.34. The standard InChI is InChI=1S/C15H13BrO4S/c1-9-4-12(2-3-14(9)20-8-15(18)19)21-13-6-10(16)5-11(17)7-13/h2-7,17H,8H2,1H3,(H,18,19). The Labute approximate surface area is 134 Å². The van der Waals surface area contributed by atoms with Crippen molar-refractivity contribution in [3.63, 3.8) is 0 Å². The number of ether oxygens (including phenoxy) is 1. The van der Waals surface area contributed by atoms with Crippen molar-refractivity contribution in [1.29, 1.82) is 0 Å². The number of aliphatic carboxylic acids is 1. The summed E-state index contributed by atoms with van der Waals surface area (Å²) in [6.07, 6.45) is 0. The molecule has 6 heteroatoms. The van der Waals surface area contributed by atoms with Crippen LogP contribution in [0.15, 0.2) is 50.7 Å². The van der Waals surface area contributed by atoms with Gasteiger partial charge in [0, 0.05) is 14.3 Å². The third-order valence-electron chi connectivity index (χ3n) is 2.59. The molecule has 0 fully saturated rings. The molecule has 21 heavy (non-hydrogen) atoms. The van der Waals surface area contributed by atoms with Gasteiger partial charge in [0.05, 0.1) is 0 Å². The van der Waals surface area contributed by atoms with Crippen molar-refractivity contribution in [1.82, 2.24) is 0 Å². The van der Waals surface area contributed by atoms with Crippen molar-refractivity contribution < 1.29 is 19.7 Å². The molecule has 0 atom stereocenters. The van der Waals surface area contributed by atoms with Gasteiger partial charge in [0.1, 0.15) is 11.5 Å². The number of hydrogen-bond donors (Lipinski definition) is 2. The normalized spacial score (nSPS) is 10.4. The first-order chi connectivity index (χ1) is 9.94. The predicted octanol–water partition coefficient (Wildman–Crippen LogP) is 4.08. The monoisotopic (exact) mass is 368 g/mol. The van der Waals surface area contributed by atoms with Gasteiger partial charge in [0.2, 0.25) is 0 Å². The lowest BCUT2D eigenvalue weighted by atomic mass is 10.2. The van der Waals surface area contributed by atoms with Crippen LogP contribution in [-0.2, 0) is 4.79 Å². The van der Waals surface area contributed by atoms with Gasteiger partial charge in [-0.15, -0.1) is 0 Å². The van der Waals surface area contributed by atoms with E-state index in [4.69, 9.17) is 9.84 Å². The van der Waals surface area contributed by atoms with Crippen molar-refractivity contribution in [3.05, 3.63) is 46.4 Å². The van der Waals surface area contributed by atoms with Crippen LogP contribution >= 0.6 is 27.7 Å². The molecule has 2 N–H and O–H groups in total. The Balaban J connectivity index is 2.14. The molecule has 2 aromatic rings. The third kappa shape index (κ3) is 4.68. The molecule has 2 rings (SSSR count). The molecule has 0 aromatic heterocycles. The second-order valence-electron chi connectivity index (χ2n) is 4.36. The van der Waals surface area contributed by atoms with Crippen LogP contribution in [0, 0.1) is 6.92 Å². The van der Waals surface area contributed by atoms with Crippen molar-refractivity contribution in [2.75, 3.05) is 6.61 Å². The molecule has 0 aliphatic rings. The molecule has 110 valence electrons. The predicted molar refractivity (Wildman–Crippen MR) is 84.2 cm³/mol. The molecular formula is C15H13BrO4S. The van der Waals surface area contributed by atoms with Gasteiger partial charge in [0.25, 0.3) is 0 Å². The minimum Gasteiger partial charge on any atom is -0.508 e. The molecule has 0 heterocycles. The minimum absolute atomic E-state index is 0.199. The lowest BCUT2D eigenvalue weighted by Crippen LogP contribution is -2.09. The summed E-state index contributed by atoms with van der Waals surface area (Å²) in [7, 11) is 0. The Bertz CT molecular complexity index is 652. The van der Waals surface area contributed by atoms with Crippen LogP contribution in [0.25, 0.3) is 0 Å². The molecular weight excluding hydrogens is 356 g/mol. The fraction of sp³-hybridized carbons (Fsp3) is 0.133. The molecule has 0 amide bonds. The minimum atomic E-state index is -1.00. The zero-order valence-electron chi connectivity index (χ0n) is 11.2. The van der Waals surface area contributed by atoms with E-state index in [0.717, 1.165) is 19.8 Å². The van der Waals surface area contributed by atoms with Crippen molar-refractivity contribution in [2.45, 2.75) is 16.7 Å². The van der Waals surface area contributed by atoms with Gasteiger partial charge >= 0.3 is 5.97 Å². The number of carbonyl (C=O) groups is 1. The summed E-state index contributed by atoms with van der Waals surface area (Å²) in [6.45, 7) is 1.51. The highest BCUT2D eigenvalue weighted by Gasteiger charge is 2.06. The number of carboxylic acids is 1. The van der Waals surface area contributed by atoms with E-state index in [0.29, 0.717) is 5.75 Å². The Kier molecular flexibility index (Phi) is 5.14. The molecule has 0 radical (unpaired) electrons. The summed E-state index contributed by atoms with van der Waals surface area (Å²) < 4.78 is 5.99. The number of aryl methyl sites for hydroxylation is 1. The Morgan fingerprint density at radius 1 is 1.24 bits per heavy atom. The number of benzene rings is 2. The fourth-order valence-corrected chi connectivity index (χ4v) is 3.37. The van der Waals surface area contributed by atoms with Crippen LogP contribution in [0.1, 0.15) is 5.56 Å². The van der Waals surface area contributed by atoms with Crippen LogP contribution in [-0.4, -0.2) is 22.8 Å². The van der Waals surface area contributed by atoms with Crippen molar-refractivity contribution >= 4 is 33.7 Å². The van der Waals surface area contributed by atoms with Crippen molar-refractivity contribution in [3.8, 4) is 11.5 Å². The largest absolute Gasteiger partial charge is 0.508 e. The summed E-state index contributed by atoms with van der Waals surface area (Å²) >= 11 is 4.84.